The Morgan fingerprint density at radius 3 is 2.39 bits per heavy atom. The molecule has 1 amide bonds. The minimum absolute atomic E-state index is 0.322. The zero-order valence-electron chi connectivity index (χ0n) is 13.5. The van der Waals surface area contributed by atoms with Crippen molar-refractivity contribution in [3.8, 4) is 0 Å². The monoisotopic (exact) mass is 314 g/mol. The molecule has 0 radical (unpaired) electrons. The molecule has 0 heterocycles. The first-order chi connectivity index (χ1) is 10.7. The minimum Gasteiger partial charge on any atom is -0.550 e. The third-order valence-electron chi connectivity index (χ3n) is 3.24. The molecule has 1 atom stereocenters. The number of alkyl carbamates (subject to hydrolysis) is 1. The highest BCUT2D eigenvalue weighted by molar-refractivity contribution is 5.83. The molecule has 0 aliphatic rings. The molecule has 0 fully saturated rings. The highest BCUT2D eigenvalue weighted by Gasteiger charge is 2.21. The lowest BCUT2D eigenvalue weighted by Crippen LogP contribution is -2.37. The van der Waals surface area contributed by atoms with Gasteiger partial charge in [0.1, 0.15) is 5.60 Å². The van der Waals surface area contributed by atoms with Crippen LogP contribution in [0.1, 0.15) is 38.8 Å². The second kappa shape index (κ2) is 6.69. The Hall–Kier alpha value is -2.56. The number of aliphatic carboxylic acids is 1. The van der Waals surface area contributed by atoms with Crippen LogP contribution in [0.25, 0.3) is 10.8 Å². The van der Waals surface area contributed by atoms with Gasteiger partial charge in [-0.3, -0.25) is 0 Å². The number of fused-ring (bicyclic) bond motifs is 1. The molecular formula is C18H20NO4-. The zero-order valence-corrected chi connectivity index (χ0v) is 13.5. The summed E-state index contributed by atoms with van der Waals surface area (Å²) in [6.45, 7) is 5.24. The molecule has 2 aromatic rings. The van der Waals surface area contributed by atoms with E-state index in [1.54, 1.807) is 26.8 Å². The number of carboxylic acids is 1. The topological polar surface area (TPSA) is 78.5 Å². The molecule has 0 aliphatic carbocycles. The molecule has 0 bridgehead atoms. The quantitative estimate of drug-likeness (QED) is 0.940. The lowest BCUT2D eigenvalue weighted by atomic mass is 10.00. The summed E-state index contributed by atoms with van der Waals surface area (Å²) in [5, 5.41) is 15.6. The molecule has 5 nitrogen and oxygen atoms in total. The Morgan fingerprint density at radius 1 is 1.13 bits per heavy atom. The van der Waals surface area contributed by atoms with Crippen LogP contribution in [0.4, 0.5) is 4.79 Å². The predicted octanol–water partition coefficient (Wildman–Crippen LogP) is 2.55. The second-order valence-electron chi connectivity index (χ2n) is 6.38. The molecule has 0 aliphatic heterocycles. The Bertz CT molecular complexity index is 718. The van der Waals surface area contributed by atoms with Gasteiger partial charge in [-0.25, -0.2) is 4.79 Å². The first-order valence-corrected chi connectivity index (χ1v) is 7.43. The predicted molar refractivity (Wildman–Crippen MR) is 85.7 cm³/mol. The number of carboxylic acid groups (broad SMARTS) is 1. The van der Waals surface area contributed by atoms with Crippen LogP contribution >= 0.6 is 0 Å². The van der Waals surface area contributed by atoms with Crippen LogP contribution in [0.15, 0.2) is 42.5 Å². The Labute approximate surface area is 135 Å². The first kappa shape index (κ1) is 16.8. The van der Waals surface area contributed by atoms with E-state index in [2.05, 4.69) is 5.32 Å². The second-order valence-corrected chi connectivity index (χ2v) is 6.38. The van der Waals surface area contributed by atoms with Gasteiger partial charge in [-0.05, 0) is 43.2 Å². The Balaban J connectivity index is 2.25. The minimum atomic E-state index is -1.24. The van der Waals surface area contributed by atoms with Crippen molar-refractivity contribution in [3.05, 3.63) is 48.0 Å². The highest BCUT2D eigenvalue weighted by atomic mass is 16.6. The van der Waals surface area contributed by atoms with Gasteiger partial charge in [-0.2, -0.15) is 0 Å². The van der Waals surface area contributed by atoms with Crippen LogP contribution in [0, 0.1) is 0 Å². The van der Waals surface area contributed by atoms with E-state index in [9.17, 15) is 14.7 Å². The van der Waals surface area contributed by atoms with Crippen molar-refractivity contribution in [2.24, 2.45) is 0 Å². The lowest BCUT2D eigenvalue weighted by Gasteiger charge is -2.24. The molecule has 23 heavy (non-hydrogen) atoms. The van der Waals surface area contributed by atoms with Gasteiger partial charge in [-0.1, -0.05) is 36.4 Å². The first-order valence-electron chi connectivity index (χ1n) is 7.43. The third kappa shape index (κ3) is 4.98. The summed E-state index contributed by atoms with van der Waals surface area (Å²) in [6.07, 6.45) is -0.977. The number of nitrogens with one attached hydrogen (secondary N) is 1. The summed E-state index contributed by atoms with van der Waals surface area (Å²) in [6, 6.07) is 12.6. The molecular weight excluding hydrogens is 294 g/mol. The number of carbonyl (C=O) groups is 2. The molecule has 0 aromatic heterocycles. The van der Waals surface area contributed by atoms with Crippen molar-refractivity contribution in [2.75, 3.05) is 0 Å². The molecule has 0 saturated heterocycles. The van der Waals surface area contributed by atoms with E-state index in [4.69, 9.17) is 4.74 Å². The number of carbonyl (C=O) groups excluding carboxylic acids is 2. The maximum Gasteiger partial charge on any atom is 0.408 e. The van der Waals surface area contributed by atoms with Gasteiger partial charge in [0, 0.05) is 12.4 Å². The molecule has 0 unspecified atom stereocenters. The molecule has 122 valence electrons. The van der Waals surface area contributed by atoms with Crippen molar-refractivity contribution < 1.29 is 19.4 Å². The third-order valence-corrected chi connectivity index (χ3v) is 3.24. The van der Waals surface area contributed by atoms with Crippen molar-refractivity contribution in [1.82, 2.24) is 5.32 Å². The van der Waals surface area contributed by atoms with Gasteiger partial charge in [-0.15, -0.1) is 0 Å². The average Bonchev–Trinajstić information content (AvgIpc) is 2.43. The Kier molecular flexibility index (Phi) is 4.89. The summed E-state index contributed by atoms with van der Waals surface area (Å²) < 4.78 is 5.20. The van der Waals surface area contributed by atoms with Crippen LogP contribution < -0.4 is 10.4 Å². The molecule has 2 rings (SSSR count). The molecule has 5 heteroatoms. The lowest BCUT2D eigenvalue weighted by molar-refractivity contribution is -0.306. The van der Waals surface area contributed by atoms with Crippen LogP contribution in [0.5, 0.6) is 0 Å². The van der Waals surface area contributed by atoms with E-state index >= 15 is 0 Å². The van der Waals surface area contributed by atoms with Crippen molar-refractivity contribution >= 4 is 22.8 Å². The normalized spacial score (nSPS) is 12.7. The molecule has 2 aromatic carbocycles. The number of hydrogen-bond acceptors (Lipinski definition) is 4. The largest absolute Gasteiger partial charge is 0.550 e. The Morgan fingerprint density at radius 2 is 1.78 bits per heavy atom. The van der Waals surface area contributed by atoms with Crippen molar-refractivity contribution in [2.45, 2.75) is 38.8 Å². The number of amides is 1. The van der Waals surface area contributed by atoms with Crippen LogP contribution in [0.2, 0.25) is 0 Å². The van der Waals surface area contributed by atoms with E-state index in [1.165, 1.54) is 0 Å². The van der Waals surface area contributed by atoms with Gasteiger partial charge in [0.25, 0.3) is 0 Å². The summed E-state index contributed by atoms with van der Waals surface area (Å²) in [5.74, 6) is -1.24. The summed E-state index contributed by atoms with van der Waals surface area (Å²) >= 11 is 0. The maximum absolute atomic E-state index is 11.9. The fourth-order valence-corrected chi connectivity index (χ4v) is 2.29. The van der Waals surface area contributed by atoms with Gasteiger partial charge in [0.2, 0.25) is 0 Å². The standard InChI is InChI=1S/C18H21NO4/c1-18(2,3)23-17(22)19-15(11-16(20)21)14-9-8-12-6-4-5-7-13(12)10-14/h4-10,15H,11H2,1-3H3,(H,19,22)(H,20,21)/p-1/t15-/m0/s1. The van der Waals surface area contributed by atoms with Gasteiger partial charge in [0.15, 0.2) is 0 Å². The van der Waals surface area contributed by atoms with Gasteiger partial charge < -0.3 is 20.0 Å². The van der Waals surface area contributed by atoms with Gasteiger partial charge >= 0.3 is 6.09 Å². The van der Waals surface area contributed by atoms with Crippen LogP contribution in [0.3, 0.4) is 0 Å². The summed E-state index contributed by atoms with van der Waals surface area (Å²) in [4.78, 5) is 23.0. The van der Waals surface area contributed by atoms with E-state index in [1.807, 2.05) is 36.4 Å². The molecule has 0 saturated carbocycles. The fraction of sp³-hybridized carbons (Fsp3) is 0.333. The van der Waals surface area contributed by atoms with Crippen LogP contribution in [-0.4, -0.2) is 17.7 Å². The van der Waals surface area contributed by atoms with E-state index in [0.717, 1.165) is 10.8 Å². The van der Waals surface area contributed by atoms with E-state index in [-0.39, 0.29) is 6.42 Å². The van der Waals surface area contributed by atoms with Crippen molar-refractivity contribution in [1.29, 1.82) is 0 Å². The SMILES string of the molecule is CC(C)(C)OC(=O)N[C@@H](CC(=O)[O-])c1ccc2ccccc2c1. The number of ether oxygens (including phenoxy) is 1. The number of hydrogen-bond donors (Lipinski definition) is 1. The van der Waals surface area contributed by atoms with E-state index in [0.29, 0.717) is 5.56 Å². The van der Waals surface area contributed by atoms with Crippen molar-refractivity contribution in [3.63, 3.8) is 0 Å². The summed E-state index contributed by atoms with van der Waals surface area (Å²) in [7, 11) is 0. The van der Waals surface area contributed by atoms with Crippen LogP contribution in [-0.2, 0) is 9.53 Å². The zero-order chi connectivity index (χ0) is 17.0. The fourth-order valence-electron chi connectivity index (χ4n) is 2.29. The number of rotatable bonds is 4. The van der Waals surface area contributed by atoms with E-state index < -0.39 is 23.7 Å². The molecule has 1 N–H and O–H groups in total. The maximum atomic E-state index is 11.9. The summed E-state index contributed by atoms with van der Waals surface area (Å²) in [5.41, 5.74) is 0.0400. The highest BCUT2D eigenvalue weighted by Crippen LogP contribution is 2.23. The average molecular weight is 314 g/mol. The number of benzene rings is 2. The molecule has 0 spiro atoms. The smallest absolute Gasteiger partial charge is 0.408 e. The van der Waals surface area contributed by atoms with Gasteiger partial charge in [0.05, 0.1) is 6.04 Å².